The Bertz CT molecular complexity index is 530. The highest BCUT2D eigenvalue weighted by Gasteiger charge is 2.26. The molecule has 1 atom stereocenters. The maximum atomic E-state index is 10.9. The summed E-state index contributed by atoms with van der Waals surface area (Å²) >= 11 is 0. The summed E-state index contributed by atoms with van der Waals surface area (Å²) < 4.78 is 0. The van der Waals surface area contributed by atoms with Crippen molar-refractivity contribution in [3.63, 3.8) is 0 Å². The van der Waals surface area contributed by atoms with Crippen LogP contribution >= 0.6 is 0 Å². The number of rotatable bonds is 2. The number of fused-ring (bicyclic) bond motifs is 1. The van der Waals surface area contributed by atoms with Crippen molar-refractivity contribution in [3.05, 3.63) is 23.5 Å². The van der Waals surface area contributed by atoms with Gasteiger partial charge < -0.3 is 4.90 Å². The van der Waals surface area contributed by atoms with E-state index in [-0.39, 0.29) is 6.04 Å². The van der Waals surface area contributed by atoms with Gasteiger partial charge in [0.1, 0.15) is 5.69 Å². The van der Waals surface area contributed by atoms with E-state index in [4.69, 9.17) is 0 Å². The first-order valence-corrected chi connectivity index (χ1v) is 5.56. The summed E-state index contributed by atoms with van der Waals surface area (Å²) in [6, 6.07) is 2.10. The zero-order valence-electron chi connectivity index (χ0n) is 9.47. The second-order valence-electron chi connectivity index (χ2n) is 4.33. The lowest BCUT2D eigenvalue weighted by Gasteiger charge is -2.29. The minimum atomic E-state index is 0.208. The van der Waals surface area contributed by atoms with Gasteiger partial charge in [0.05, 0.1) is 17.9 Å². The first-order chi connectivity index (χ1) is 8.29. The molecule has 1 unspecified atom stereocenters. The molecule has 6 heteroatoms. The summed E-state index contributed by atoms with van der Waals surface area (Å²) in [6.07, 6.45) is 3.42. The molecule has 2 aromatic heterocycles. The number of carbonyl (C=O) groups excluding carboxylic acids is 1. The molecule has 0 fully saturated rings. The van der Waals surface area contributed by atoms with Crippen LogP contribution in [0.2, 0.25) is 0 Å². The molecule has 1 aliphatic heterocycles. The van der Waals surface area contributed by atoms with Gasteiger partial charge in [-0.1, -0.05) is 0 Å². The predicted octanol–water partition coefficient (Wildman–Crippen LogP) is 0.703. The molecule has 2 N–H and O–H groups in total. The molecule has 0 aliphatic carbocycles. The molecule has 3 heterocycles. The Hall–Kier alpha value is -2.11. The smallest absolute Gasteiger partial charge is 0.210 e. The Labute approximate surface area is 98.0 Å². The van der Waals surface area contributed by atoms with Crippen LogP contribution in [-0.4, -0.2) is 37.7 Å². The summed E-state index contributed by atoms with van der Waals surface area (Å²) in [4.78, 5) is 12.7. The monoisotopic (exact) mass is 231 g/mol. The van der Waals surface area contributed by atoms with Crippen LogP contribution in [0.3, 0.4) is 0 Å². The highest BCUT2D eigenvalue weighted by molar-refractivity contribution is 5.61. The van der Waals surface area contributed by atoms with Gasteiger partial charge in [-0.3, -0.25) is 15.0 Å². The minimum absolute atomic E-state index is 0.208. The van der Waals surface area contributed by atoms with Crippen LogP contribution in [0.25, 0.3) is 11.4 Å². The molecular weight excluding hydrogens is 218 g/mol. The lowest BCUT2D eigenvalue weighted by molar-refractivity contribution is -0.120. The molecule has 0 spiro atoms. The van der Waals surface area contributed by atoms with Gasteiger partial charge in [0.25, 0.3) is 0 Å². The summed E-state index contributed by atoms with van der Waals surface area (Å²) in [6.45, 7) is 2.64. The summed E-state index contributed by atoms with van der Waals surface area (Å²) in [5.74, 6) is 0. The number of hydrogen-bond acceptors (Lipinski definition) is 3. The zero-order chi connectivity index (χ0) is 11.8. The molecule has 1 aliphatic rings. The minimum Gasteiger partial charge on any atom is -0.336 e. The van der Waals surface area contributed by atoms with Crippen molar-refractivity contribution in [3.8, 4) is 11.4 Å². The van der Waals surface area contributed by atoms with Gasteiger partial charge in [0.2, 0.25) is 6.41 Å². The number of H-pyrrole nitrogens is 2. The number of carbonyl (C=O) groups is 1. The Kier molecular flexibility index (Phi) is 2.21. The molecule has 0 aromatic carbocycles. The topological polar surface area (TPSA) is 77.7 Å². The van der Waals surface area contributed by atoms with Crippen LogP contribution in [0.4, 0.5) is 0 Å². The fourth-order valence-corrected chi connectivity index (χ4v) is 2.25. The second-order valence-corrected chi connectivity index (χ2v) is 4.33. The van der Waals surface area contributed by atoms with Gasteiger partial charge >= 0.3 is 0 Å². The van der Waals surface area contributed by atoms with E-state index < -0.39 is 0 Å². The van der Waals surface area contributed by atoms with Crippen molar-refractivity contribution in [2.75, 3.05) is 0 Å². The van der Waals surface area contributed by atoms with Crippen molar-refractivity contribution in [1.29, 1.82) is 0 Å². The van der Waals surface area contributed by atoms with E-state index in [0.717, 1.165) is 29.9 Å². The number of hydrogen-bond donors (Lipinski definition) is 2. The van der Waals surface area contributed by atoms with Gasteiger partial charge in [-0.25, -0.2) is 0 Å². The second kappa shape index (κ2) is 3.73. The average molecular weight is 231 g/mol. The van der Waals surface area contributed by atoms with E-state index in [2.05, 4.69) is 20.4 Å². The van der Waals surface area contributed by atoms with Gasteiger partial charge in [-0.05, 0) is 19.4 Å². The van der Waals surface area contributed by atoms with Crippen molar-refractivity contribution < 1.29 is 4.79 Å². The Balaban J connectivity index is 2.02. The van der Waals surface area contributed by atoms with E-state index in [9.17, 15) is 4.79 Å². The molecule has 0 saturated carbocycles. The third-order valence-electron chi connectivity index (χ3n) is 3.25. The number of nitrogens with zero attached hydrogens (tertiary/aromatic N) is 3. The van der Waals surface area contributed by atoms with Crippen LogP contribution in [0.1, 0.15) is 18.2 Å². The maximum absolute atomic E-state index is 10.9. The van der Waals surface area contributed by atoms with E-state index in [1.54, 1.807) is 11.1 Å². The van der Waals surface area contributed by atoms with Crippen LogP contribution < -0.4 is 0 Å². The van der Waals surface area contributed by atoms with Crippen molar-refractivity contribution >= 4 is 6.41 Å². The van der Waals surface area contributed by atoms with Gasteiger partial charge in [0.15, 0.2) is 0 Å². The Morgan fingerprint density at radius 1 is 1.53 bits per heavy atom. The molecule has 0 radical (unpaired) electrons. The zero-order valence-corrected chi connectivity index (χ0v) is 9.47. The normalized spacial score (nSPS) is 19.1. The average Bonchev–Trinajstić information content (AvgIpc) is 2.95. The van der Waals surface area contributed by atoms with Crippen molar-refractivity contribution in [1.82, 2.24) is 25.3 Å². The largest absolute Gasteiger partial charge is 0.336 e. The van der Waals surface area contributed by atoms with E-state index in [1.165, 1.54) is 5.56 Å². The van der Waals surface area contributed by atoms with Gasteiger partial charge in [0, 0.05) is 17.8 Å². The van der Waals surface area contributed by atoms with Gasteiger partial charge in [-0.2, -0.15) is 10.2 Å². The predicted molar refractivity (Wildman–Crippen MR) is 60.9 cm³/mol. The molecular formula is C11H13N5O. The van der Waals surface area contributed by atoms with Crippen molar-refractivity contribution in [2.24, 2.45) is 0 Å². The molecule has 2 aromatic rings. The third-order valence-corrected chi connectivity index (χ3v) is 3.25. The lowest BCUT2D eigenvalue weighted by Crippen LogP contribution is -2.37. The summed E-state index contributed by atoms with van der Waals surface area (Å²) in [5, 5.41) is 14.2. The summed E-state index contributed by atoms with van der Waals surface area (Å²) in [5.41, 5.74) is 4.02. The highest BCUT2D eigenvalue weighted by Crippen LogP contribution is 2.28. The highest BCUT2D eigenvalue weighted by atomic mass is 16.1. The van der Waals surface area contributed by atoms with E-state index in [0.29, 0.717) is 6.54 Å². The van der Waals surface area contributed by atoms with Crippen LogP contribution in [0.15, 0.2) is 12.3 Å². The van der Waals surface area contributed by atoms with Crippen LogP contribution in [0.5, 0.6) is 0 Å². The van der Waals surface area contributed by atoms with E-state index in [1.807, 2.05) is 13.0 Å². The molecule has 0 bridgehead atoms. The summed E-state index contributed by atoms with van der Waals surface area (Å²) in [7, 11) is 0. The first-order valence-electron chi connectivity index (χ1n) is 5.56. The van der Waals surface area contributed by atoms with Gasteiger partial charge in [-0.15, -0.1) is 0 Å². The molecule has 88 valence electrons. The Morgan fingerprint density at radius 2 is 2.41 bits per heavy atom. The third kappa shape index (κ3) is 1.52. The number of aromatic amines is 2. The maximum Gasteiger partial charge on any atom is 0.210 e. The SMILES string of the molecule is CC1Cc2c(-c3ccn[nH]3)n[nH]c2CN1C=O. The number of nitrogens with one attached hydrogen (secondary N) is 2. The first kappa shape index (κ1) is 10.1. The molecule has 17 heavy (non-hydrogen) atoms. The Morgan fingerprint density at radius 3 is 3.12 bits per heavy atom. The molecule has 6 nitrogen and oxygen atoms in total. The molecule has 1 amide bonds. The number of amides is 1. The number of aromatic nitrogens is 4. The van der Waals surface area contributed by atoms with E-state index >= 15 is 0 Å². The fraction of sp³-hybridized carbons (Fsp3) is 0.364. The quantitative estimate of drug-likeness (QED) is 0.747. The molecule has 0 saturated heterocycles. The molecule has 3 rings (SSSR count). The van der Waals surface area contributed by atoms with Crippen molar-refractivity contribution in [2.45, 2.75) is 25.9 Å². The fourth-order valence-electron chi connectivity index (χ4n) is 2.25. The standard InChI is InChI=1S/C11H13N5O/c1-7-4-8-10(5-16(7)6-17)14-15-11(8)9-2-3-12-13-9/h2-3,6-7H,4-5H2,1H3,(H,12,13)(H,14,15). The lowest BCUT2D eigenvalue weighted by atomic mass is 9.98. The van der Waals surface area contributed by atoms with Crippen LogP contribution in [-0.2, 0) is 17.8 Å². The van der Waals surface area contributed by atoms with Crippen LogP contribution in [0, 0.1) is 0 Å².